The topological polar surface area (TPSA) is 96.0 Å². The van der Waals surface area contributed by atoms with Crippen molar-refractivity contribution in [3.05, 3.63) is 90.0 Å². The number of hydrogen-bond acceptors (Lipinski definition) is 5. The van der Waals surface area contributed by atoms with E-state index in [2.05, 4.69) is 5.32 Å². The van der Waals surface area contributed by atoms with E-state index in [0.29, 0.717) is 11.4 Å². The zero-order valence-electron chi connectivity index (χ0n) is 23.1. The fourth-order valence-corrected chi connectivity index (χ4v) is 5.37. The van der Waals surface area contributed by atoms with Gasteiger partial charge in [0.05, 0.1) is 17.7 Å². The molecule has 0 aliphatic heterocycles. The number of aryl methyl sites for hydroxylation is 1. The highest BCUT2D eigenvalue weighted by molar-refractivity contribution is 7.92. The summed E-state index contributed by atoms with van der Waals surface area (Å²) in [5.74, 6) is -0.143. The molecule has 2 amide bonds. The molecule has 0 aliphatic rings. The second-order valence-corrected chi connectivity index (χ2v) is 11.4. The van der Waals surface area contributed by atoms with E-state index in [9.17, 15) is 18.0 Å². The normalized spacial score (nSPS) is 12.7. The van der Waals surface area contributed by atoms with Gasteiger partial charge in [-0.15, -0.1) is 0 Å². The smallest absolute Gasteiger partial charge is 0.264 e. The molecule has 3 rings (SSSR count). The first-order valence-corrected chi connectivity index (χ1v) is 14.4. The zero-order valence-corrected chi connectivity index (χ0v) is 23.9. The highest BCUT2D eigenvalue weighted by atomic mass is 32.2. The number of carbonyl (C=O) groups excluding carboxylic acids is 2. The number of nitrogens with zero attached hydrogens (tertiary/aromatic N) is 2. The van der Waals surface area contributed by atoms with Crippen LogP contribution in [0.25, 0.3) is 0 Å². The number of amides is 2. The average molecular weight is 552 g/mol. The first-order chi connectivity index (χ1) is 18.6. The summed E-state index contributed by atoms with van der Waals surface area (Å²) in [6.45, 7) is 7.05. The van der Waals surface area contributed by atoms with Crippen LogP contribution >= 0.6 is 0 Å². The summed E-state index contributed by atoms with van der Waals surface area (Å²) < 4.78 is 33.8. The van der Waals surface area contributed by atoms with Crippen LogP contribution in [0, 0.1) is 6.92 Å². The minimum atomic E-state index is -4.08. The molecule has 0 saturated heterocycles. The van der Waals surface area contributed by atoms with E-state index in [-0.39, 0.29) is 23.4 Å². The molecule has 0 saturated carbocycles. The first kappa shape index (κ1) is 29.7. The zero-order chi connectivity index (χ0) is 28.6. The lowest BCUT2D eigenvalue weighted by molar-refractivity contribution is -0.139. The first-order valence-electron chi connectivity index (χ1n) is 12.9. The van der Waals surface area contributed by atoms with E-state index >= 15 is 0 Å². The summed E-state index contributed by atoms with van der Waals surface area (Å²) in [5, 5.41) is 2.93. The molecule has 0 fully saturated rings. The summed E-state index contributed by atoms with van der Waals surface area (Å²) in [6.07, 6.45) is 0.738. The Morgan fingerprint density at radius 1 is 0.923 bits per heavy atom. The Bertz CT molecular complexity index is 1340. The number of carbonyl (C=O) groups is 2. The van der Waals surface area contributed by atoms with Crippen LogP contribution in [0.2, 0.25) is 0 Å². The van der Waals surface area contributed by atoms with Gasteiger partial charge in [-0.25, -0.2) is 8.42 Å². The molecule has 3 aromatic carbocycles. The molecule has 0 aliphatic carbocycles. The van der Waals surface area contributed by atoms with Gasteiger partial charge in [-0.1, -0.05) is 55.0 Å². The van der Waals surface area contributed by atoms with Crippen LogP contribution in [0.3, 0.4) is 0 Å². The number of nitrogens with one attached hydrogen (secondary N) is 1. The molecular formula is C30H37N3O5S. The van der Waals surface area contributed by atoms with Crippen molar-refractivity contribution in [3.63, 3.8) is 0 Å². The van der Waals surface area contributed by atoms with E-state index in [4.69, 9.17) is 4.74 Å². The van der Waals surface area contributed by atoms with Gasteiger partial charge in [0, 0.05) is 12.6 Å². The van der Waals surface area contributed by atoms with Crippen molar-refractivity contribution in [2.75, 3.05) is 18.0 Å². The highest BCUT2D eigenvalue weighted by Gasteiger charge is 2.32. The third-order valence-electron chi connectivity index (χ3n) is 6.61. The molecule has 9 heteroatoms. The summed E-state index contributed by atoms with van der Waals surface area (Å²) in [7, 11) is -2.51. The Hall–Kier alpha value is -3.85. The number of methoxy groups -OCH3 is 1. The van der Waals surface area contributed by atoms with E-state index in [0.717, 1.165) is 21.9 Å². The fraction of sp³-hybridized carbons (Fsp3) is 0.333. The van der Waals surface area contributed by atoms with Crippen LogP contribution in [0.1, 0.15) is 38.3 Å². The Kier molecular flexibility index (Phi) is 10.1. The lowest BCUT2D eigenvalue weighted by atomic mass is 10.1. The number of hydrogen-bond donors (Lipinski definition) is 1. The molecular weight excluding hydrogens is 514 g/mol. The van der Waals surface area contributed by atoms with Gasteiger partial charge in [-0.2, -0.15) is 0 Å². The molecule has 1 N–H and O–H groups in total. The molecule has 0 spiro atoms. The monoisotopic (exact) mass is 551 g/mol. The van der Waals surface area contributed by atoms with Gasteiger partial charge in [0.15, 0.2) is 0 Å². The largest absolute Gasteiger partial charge is 0.497 e. The molecule has 0 unspecified atom stereocenters. The summed E-state index contributed by atoms with van der Waals surface area (Å²) in [6, 6.07) is 21.2. The highest BCUT2D eigenvalue weighted by Crippen LogP contribution is 2.25. The maximum absolute atomic E-state index is 13.9. The molecule has 0 bridgehead atoms. The lowest BCUT2D eigenvalue weighted by Gasteiger charge is -2.32. The van der Waals surface area contributed by atoms with Crippen molar-refractivity contribution in [1.82, 2.24) is 10.2 Å². The van der Waals surface area contributed by atoms with Crippen LogP contribution in [-0.4, -0.2) is 50.9 Å². The number of sulfonamides is 1. The Morgan fingerprint density at radius 3 is 2.10 bits per heavy atom. The SMILES string of the molecule is CC[C@@H](C)NC(=O)[C@H](C)N(Cc1ccc(OC)cc1)C(=O)CN(c1ccc(C)cc1)S(=O)(=O)c1ccccc1. The number of rotatable bonds is 12. The predicted octanol–water partition coefficient (Wildman–Crippen LogP) is 4.53. The van der Waals surface area contributed by atoms with Gasteiger partial charge < -0.3 is 15.0 Å². The Morgan fingerprint density at radius 2 is 1.54 bits per heavy atom. The second-order valence-electron chi connectivity index (χ2n) is 9.52. The maximum Gasteiger partial charge on any atom is 0.264 e. The molecule has 8 nitrogen and oxygen atoms in total. The van der Waals surface area contributed by atoms with Crippen LogP contribution < -0.4 is 14.4 Å². The molecule has 208 valence electrons. The van der Waals surface area contributed by atoms with Crippen LogP contribution in [0.15, 0.2) is 83.8 Å². The number of ether oxygens (including phenoxy) is 1. The average Bonchev–Trinajstić information content (AvgIpc) is 2.95. The van der Waals surface area contributed by atoms with Crippen LogP contribution in [-0.2, 0) is 26.2 Å². The van der Waals surface area contributed by atoms with E-state index in [1.165, 1.54) is 17.0 Å². The summed E-state index contributed by atoms with van der Waals surface area (Å²) in [4.78, 5) is 28.5. The quantitative estimate of drug-likeness (QED) is 0.357. The van der Waals surface area contributed by atoms with Gasteiger partial charge in [0.25, 0.3) is 10.0 Å². The molecule has 0 heterocycles. The maximum atomic E-state index is 13.9. The van der Waals surface area contributed by atoms with Crippen molar-refractivity contribution in [3.8, 4) is 5.75 Å². The second kappa shape index (κ2) is 13.3. The Labute approximate surface area is 231 Å². The molecule has 3 aromatic rings. The summed E-state index contributed by atoms with van der Waals surface area (Å²) >= 11 is 0. The van der Waals surface area contributed by atoms with Crippen molar-refractivity contribution in [2.24, 2.45) is 0 Å². The van der Waals surface area contributed by atoms with Crippen molar-refractivity contribution < 1.29 is 22.7 Å². The van der Waals surface area contributed by atoms with E-state index in [1.807, 2.05) is 32.9 Å². The van der Waals surface area contributed by atoms with Gasteiger partial charge in [0.2, 0.25) is 11.8 Å². The standard InChI is InChI=1S/C30H37N3O5S/c1-6-23(3)31-30(35)24(4)32(20-25-14-18-27(38-5)19-15-25)29(34)21-33(26-16-12-22(2)13-17-26)39(36,37)28-10-8-7-9-11-28/h7-19,23-24H,6,20-21H2,1-5H3,(H,31,35)/t23-,24+/m1/s1. The molecule has 0 aromatic heterocycles. The Balaban J connectivity index is 2.00. The number of anilines is 1. The van der Waals surface area contributed by atoms with E-state index < -0.39 is 28.5 Å². The van der Waals surface area contributed by atoms with E-state index in [1.54, 1.807) is 68.6 Å². The van der Waals surface area contributed by atoms with Crippen molar-refractivity contribution in [2.45, 2.75) is 57.6 Å². The fourth-order valence-electron chi connectivity index (χ4n) is 3.94. The predicted molar refractivity (Wildman–Crippen MR) is 153 cm³/mol. The van der Waals surface area contributed by atoms with Crippen LogP contribution in [0.5, 0.6) is 5.75 Å². The third-order valence-corrected chi connectivity index (χ3v) is 8.40. The molecule has 39 heavy (non-hydrogen) atoms. The number of benzene rings is 3. The van der Waals surface area contributed by atoms with Gasteiger partial charge >= 0.3 is 0 Å². The lowest BCUT2D eigenvalue weighted by Crippen LogP contribution is -2.52. The van der Waals surface area contributed by atoms with Gasteiger partial charge in [0.1, 0.15) is 18.3 Å². The van der Waals surface area contributed by atoms with Crippen LogP contribution in [0.4, 0.5) is 5.69 Å². The van der Waals surface area contributed by atoms with Crippen molar-refractivity contribution >= 4 is 27.5 Å². The summed E-state index contributed by atoms with van der Waals surface area (Å²) in [5.41, 5.74) is 2.10. The molecule has 2 atom stereocenters. The van der Waals surface area contributed by atoms with Gasteiger partial charge in [-0.05, 0) is 69.2 Å². The minimum absolute atomic E-state index is 0.0691. The minimum Gasteiger partial charge on any atom is -0.497 e. The molecule has 0 radical (unpaired) electrons. The third kappa shape index (κ3) is 7.60. The van der Waals surface area contributed by atoms with Crippen molar-refractivity contribution in [1.29, 1.82) is 0 Å². The van der Waals surface area contributed by atoms with Gasteiger partial charge in [-0.3, -0.25) is 13.9 Å².